The Hall–Kier alpha value is -1.04. The third kappa shape index (κ3) is 6.08. The third-order valence-electron chi connectivity index (χ3n) is 3.20. The number of ether oxygens (including phenoxy) is 2. The van der Waals surface area contributed by atoms with Gasteiger partial charge in [0.05, 0.1) is 31.7 Å². The maximum absolute atomic E-state index is 11.8. The number of benzene rings is 1. The Balaban J connectivity index is 1.64. The molecule has 1 heterocycles. The standard InChI is InChI=1S/C16H23NO3S/c1-12-5-13(2)7-14(6-12)10-21-11-16(18)17-8-15-9-19-3-4-20-15/h5-7,15H,3-4,8-11H2,1-2H3,(H,17,18). The highest BCUT2D eigenvalue weighted by Crippen LogP contribution is 2.15. The van der Waals surface area contributed by atoms with Crippen molar-refractivity contribution >= 4 is 17.7 Å². The highest BCUT2D eigenvalue weighted by Gasteiger charge is 2.15. The van der Waals surface area contributed by atoms with E-state index in [-0.39, 0.29) is 12.0 Å². The lowest BCUT2D eigenvalue weighted by Gasteiger charge is -2.23. The van der Waals surface area contributed by atoms with E-state index in [1.165, 1.54) is 16.7 Å². The second-order valence-corrected chi connectivity index (χ2v) is 6.35. The van der Waals surface area contributed by atoms with Crippen LogP contribution in [0.25, 0.3) is 0 Å². The van der Waals surface area contributed by atoms with E-state index >= 15 is 0 Å². The van der Waals surface area contributed by atoms with Gasteiger partial charge in [-0.05, 0) is 19.4 Å². The number of rotatable bonds is 6. The van der Waals surface area contributed by atoms with Crippen LogP contribution in [-0.4, -0.2) is 44.1 Å². The van der Waals surface area contributed by atoms with Gasteiger partial charge in [0.25, 0.3) is 0 Å². The molecule has 5 heteroatoms. The van der Waals surface area contributed by atoms with Crippen LogP contribution in [0.3, 0.4) is 0 Å². The zero-order valence-electron chi connectivity index (χ0n) is 12.7. The van der Waals surface area contributed by atoms with Gasteiger partial charge in [-0.2, -0.15) is 0 Å². The summed E-state index contributed by atoms with van der Waals surface area (Å²) >= 11 is 1.63. The summed E-state index contributed by atoms with van der Waals surface area (Å²) < 4.78 is 10.8. The molecule has 1 atom stereocenters. The average Bonchev–Trinajstić information content (AvgIpc) is 2.45. The summed E-state index contributed by atoms with van der Waals surface area (Å²) in [6.45, 7) is 6.55. The van der Waals surface area contributed by atoms with Crippen molar-refractivity contribution in [3.8, 4) is 0 Å². The molecule has 1 amide bonds. The van der Waals surface area contributed by atoms with Crippen LogP contribution in [0.15, 0.2) is 18.2 Å². The number of hydrogen-bond donors (Lipinski definition) is 1. The summed E-state index contributed by atoms with van der Waals surface area (Å²) in [5.41, 5.74) is 3.81. The molecule has 4 nitrogen and oxygen atoms in total. The monoisotopic (exact) mass is 309 g/mol. The first-order chi connectivity index (χ1) is 10.1. The van der Waals surface area contributed by atoms with Gasteiger partial charge in [0, 0.05) is 12.3 Å². The molecule has 1 unspecified atom stereocenters. The number of carbonyl (C=O) groups is 1. The van der Waals surface area contributed by atoms with E-state index in [2.05, 4.69) is 37.4 Å². The minimum Gasteiger partial charge on any atom is -0.376 e. The van der Waals surface area contributed by atoms with Gasteiger partial charge in [0.2, 0.25) is 5.91 Å². The lowest BCUT2D eigenvalue weighted by Crippen LogP contribution is -2.40. The second-order valence-electron chi connectivity index (χ2n) is 5.36. The van der Waals surface area contributed by atoms with Crippen molar-refractivity contribution in [2.75, 3.05) is 32.1 Å². The minimum absolute atomic E-state index is 0.00729. The first-order valence-corrected chi connectivity index (χ1v) is 8.40. The molecule has 116 valence electrons. The molecule has 0 aromatic heterocycles. The Morgan fingerprint density at radius 2 is 2.05 bits per heavy atom. The molecular weight excluding hydrogens is 286 g/mol. The van der Waals surface area contributed by atoms with Crippen LogP contribution >= 0.6 is 11.8 Å². The molecule has 1 aliphatic heterocycles. The molecule has 0 aliphatic carbocycles. The van der Waals surface area contributed by atoms with E-state index in [0.717, 1.165) is 5.75 Å². The largest absolute Gasteiger partial charge is 0.376 e. The summed E-state index contributed by atoms with van der Waals surface area (Å²) in [5.74, 6) is 1.39. The molecule has 1 N–H and O–H groups in total. The Morgan fingerprint density at radius 3 is 2.71 bits per heavy atom. The zero-order chi connectivity index (χ0) is 15.1. The fourth-order valence-corrected chi connectivity index (χ4v) is 3.14. The van der Waals surface area contributed by atoms with Crippen molar-refractivity contribution in [1.82, 2.24) is 5.32 Å². The van der Waals surface area contributed by atoms with Crippen LogP contribution in [0.1, 0.15) is 16.7 Å². The van der Waals surface area contributed by atoms with Gasteiger partial charge in [0.1, 0.15) is 0 Å². The van der Waals surface area contributed by atoms with Crippen molar-refractivity contribution < 1.29 is 14.3 Å². The van der Waals surface area contributed by atoms with E-state index in [9.17, 15) is 4.79 Å². The number of aryl methyl sites for hydroxylation is 2. The van der Waals surface area contributed by atoms with Crippen LogP contribution in [0, 0.1) is 13.8 Å². The van der Waals surface area contributed by atoms with Crippen LogP contribution in [0.4, 0.5) is 0 Å². The molecule has 1 aromatic carbocycles. The molecule has 0 radical (unpaired) electrons. The maximum atomic E-state index is 11.8. The molecule has 1 saturated heterocycles. The van der Waals surface area contributed by atoms with Gasteiger partial charge in [-0.1, -0.05) is 29.3 Å². The molecule has 1 aliphatic rings. The number of nitrogens with one attached hydrogen (secondary N) is 1. The predicted molar refractivity (Wildman–Crippen MR) is 85.6 cm³/mol. The van der Waals surface area contributed by atoms with E-state index in [1.54, 1.807) is 11.8 Å². The van der Waals surface area contributed by atoms with E-state index in [1.807, 2.05) is 0 Å². The van der Waals surface area contributed by atoms with Crippen LogP contribution in [0.5, 0.6) is 0 Å². The lowest BCUT2D eigenvalue weighted by molar-refractivity contribution is -0.121. The van der Waals surface area contributed by atoms with Crippen molar-refractivity contribution in [2.45, 2.75) is 25.7 Å². The highest BCUT2D eigenvalue weighted by molar-refractivity contribution is 7.99. The predicted octanol–water partition coefficient (Wildman–Crippen LogP) is 2.07. The summed E-state index contributed by atoms with van der Waals surface area (Å²) in [6.07, 6.45) is -0.00729. The van der Waals surface area contributed by atoms with Crippen LogP contribution < -0.4 is 5.32 Å². The Bertz CT molecular complexity index is 452. The molecule has 0 saturated carbocycles. The van der Waals surface area contributed by atoms with Gasteiger partial charge < -0.3 is 14.8 Å². The number of carbonyl (C=O) groups excluding carboxylic acids is 1. The van der Waals surface area contributed by atoms with E-state index in [0.29, 0.717) is 32.1 Å². The summed E-state index contributed by atoms with van der Waals surface area (Å²) in [6, 6.07) is 6.50. The number of thioether (sulfide) groups is 1. The van der Waals surface area contributed by atoms with E-state index in [4.69, 9.17) is 9.47 Å². The highest BCUT2D eigenvalue weighted by atomic mass is 32.2. The molecule has 0 spiro atoms. The number of hydrogen-bond acceptors (Lipinski definition) is 4. The summed E-state index contributed by atoms with van der Waals surface area (Å²) in [5, 5.41) is 2.90. The van der Waals surface area contributed by atoms with Gasteiger partial charge >= 0.3 is 0 Å². The molecule has 1 fully saturated rings. The lowest BCUT2D eigenvalue weighted by atomic mass is 10.1. The quantitative estimate of drug-likeness (QED) is 0.874. The van der Waals surface area contributed by atoms with E-state index < -0.39 is 0 Å². The third-order valence-corrected chi connectivity index (χ3v) is 4.20. The topological polar surface area (TPSA) is 47.6 Å². The average molecular weight is 309 g/mol. The van der Waals surface area contributed by atoms with Crippen LogP contribution in [-0.2, 0) is 20.0 Å². The Kier molecular flexibility index (Phi) is 6.54. The minimum atomic E-state index is -0.00729. The fraction of sp³-hybridized carbons (Fsp3) is 0.562. The summed E-state index contributed by atoms with van der Waals surface area (Å²) in [4.78, 5) is 11.8. The first kappa shape index (κ1) is 16.3. The van der Waals surface area contributed by atoms with Gasteiger partial charge in [0.15, 0.2) is 0 Å². The van der Waals surface area contributed by atoms with Crippen molar-refractivity contribution in [2.24, 2.45) is 0 Å². The molecule has 0 bridgehead atoms. The van der Waals surface area contributed by atoms with Gasteiger partial charge in [-0.25, -0.2) is 0 Å². The van der Waals surface area contributed by atoms with Gasteiger partial charge in [-0.15, -0.1) is 11.8 Å². The zero-order valence-corrected chi connectivity index (χ0v) is 13.5. The van der Waals surface area contributed by atoms with Crippen LogP contribution in [0.2, 0.25) is 0 Å². The normalized spacial score (nSPS) is 18.5. The smallest absolute Gasteiger partial charge is 0.230 e. The number of amides is 1. The first-order valence-electron chi connectivity index (χ1n) is 7.24. The summed E-state index contributed by atoms with van der Waals surface area (Å²) in [7, 11) is 0. The molecule has 21 heavy (non-hydrogen) atoms. The molecule has 1 aromatic rings. The van der Waals surface area contributed by atoms with Crippen molar-refractivity contribution in [3.05, 3.63) is 34.9 Å². The SMILES string of the molecule is Cc1cc(C)cc(CSCC(=O)NCC2COCCO2)c1. The molecular formula is C16H23NO3S. The van der Waals surface area contributed by atoms with Gasteiger partial charge in [-0.3, -0.25) is 4.79 Å². The fourth-order valence-electron chi connectivity index (χ4n) is 2.35. The van der Waals surface area contributed by atoms with Crippen molar-refractivity contribution in [3.63, 3.8) is 0 Å². The van der Waals surface area contributed by atoms with Crippen molar-refractivity contribution in [1.29, 1.82) is 0 Å². The Labute approximate surface area is 130 Å². The second kappa shape index (κ2) is 8.41. The molecule has 2 rings (SSSR count). The Morgan fingerprint density at radius 1 is 1.29 bits per heavy atom. The maximum Gasteiger partial charge on any atom is 0.230 e.